The van der Waals surface area contributed by atoms with Crippen LogP contribution in [-0.2, 0) is 0 Å². The molecule has 0 heterocycles. The first-order valence-corrected chi connectivity index (χ1v) is 7.39. The van der Waals surface area contributed by atoms with E-state index in [1.165, 1.54) is 0 Å². The van der Waals surface area contributed by atoms with E-state index in [1.807, 2.05) is 51.1 Å². The number of allylic oxidation sites excluding steroid dienone is 4. The molecule has 2 nitrogen and oxygen atoms in total. The van der Waals surface area contributed by atoms with Crippen molar-refractivity contribution in [2.75, 3.05) is 7.05 Å². The highest BCUT2D eigenvalue weighted by Crippen LogP contribution is 2.20. The van der Waals surface area contributed by atoms with Crippen molar-refractivity contribution in [1.82, 2.24) is 0 Å². The largest absolute Gasteiger partial charge is 0.295 e. The number of rotatable bonds is 4. The van der Waals surface area contributed by atoms with Gasteiger partial charge in [0.25, 0.3) is 0 Å². The van der Waals surface area contributed by atoms with Gasteiger partial charge in [-0.05, 0) is 48.8 Å². The Morgan fingerprint density at radius 2 is 1.85 bits per heavy atom. The van der Waals surface area contributed by atoms with Gasteiger partial charge >= 0.3 is 0 Å². The smallest absolute Gasteiger partial charge is 0.0719 e. The quantitative estimate of drug-likeness (QED) is 0.645. The van der Waals surface area contributed by atoms with Gasteiger partial charge in [-0.3, -0.25) is 9.98 Å². The van der Waals surface area contributed by atoms with Crippen LogP contribution >= 0.6 is 27.5 Å². The van der Waals surface area contributed by atoms with Gasteiger partial charge in [0, 0.05) is 23.8 Å². The molecule has 0 spiro atoms. The molecule has 0 unspecified atom stereocenters. The van der Waals surface area contributed by atoms with Crippen LogP contribution in [0.1, 0.15) is 26.3 Å². The maximum absolute atomic E-state index is 6.26. The average Bonchev–Trinajstić information content (AvgIpc) is 2.38. The van der Waals surface area contributed by atoms with Crippen LogP contribution in [-0.4, -0.2) is 19.0 Å². The second-order valence-electron chi connectivity index (χ2n) is 4.52. The maximum Gasteiger partial charge on any atom is 0.0719 e. The second-order valence-corrected chi connectivity index (χ2v) is 5.78. The van der Waals surface area contributed by atoms with Crippen LogP contribution in [0.25, 0.3) is 0 Å². The van der Waals surface area contributed by atoms with Gasteiger partial charge in [-0.1, -0.05) is 35.4 Å². The minimum absolute atomic E-state index is 0.692. The lowest BCUT2D eigenvalue weighted by Gasteiger charge is -2.06. The van der Waals surface area contributed by atoms with Gasteiger partial charge in [-0.2, -0.15) is 0 Å². The first-order chi connectivity index (χ1) is 9.45. The molecule has 0 aromatic heterocycles. The van der Waals surface area contributed by atoms with Crippen LogP contribution in [0, 0.1) is 0 Å². The Bertz CT molecular complexity index is 594. The summed E-state index contributed by atoms with van der Waals surface area (Å²) in [6.07, 6.45) is 3.75. The first kappa shape index (κ1) is 16.9. The van der Waals surface area contributed by atoms with E-state index < -0.39 is 0 Å². The van der Waals surface area contributed by atoms with Crippen molar-refractivity contribution in [2.45, 2.75) is 20.8 Å². The molecule has 20 heavy (non-hydrogen) atoms. The van der Waals surface area contributed by atoms with Crippen molar-refractivity contribution >= 4 is 39.5 Å². The molecule has 1 aromatic carbocycles. The molecule has 0 saturated carbocycles. The van der Waals surface area contributed by atoms with Crippen molar-refractivity contribution in [1.29, 1.82) is 0 Å². The molecule has 0 bridgehead atoms. The first-order valence-electron chi connectivity index (χ1n) is 6.22. The molecule has 4 heteroatoms. The third-order valence-corrected chi connectivity index (χ3v) is 3.56. The molecule has 1 rings (SSSR count). The van der Waals surface area contributed by atoms with E-state index in [1.54, 1.807) is 13.3 Å². The van der Waals surface area contributed by atoms with Gasteiger partial charge in [0.2, 0.25) is 0 Å². The van der Waals surface area contributed by atoms with Gasteiger partial charge in [0.1, 0.15) is 0 Å². The molecule has 106 valence electrons. The van der Waals surface area contributed by atoms with Gasteiger partial charge in [0.15, 0.2) is 0 Å². The Morgan fingerprint density at radius 1 is 1.20 bits per heavy atom. The lowest BCUT2D eigenvalue weighted by molar-refractivity contribution is 1.30. The molecule has 0 fully saturated rings. The van der Waals surface area contributed by atoms with Crippen LogP contribution in [0.5, 0.6) is 0 Å². The summed E-state index contributed by atoms with van der Waals surface area (Å²) in [4.78, 5) is 8.64. The molecule has 0 aliphatic heterocycles. The zero-order valence-electron chi connectivity index (χ0n) is 12.1. The highest BCUT2D eigenvalue weighted by molar-refractivity contribution is 9.12. The number of benzene rings is 1. The highest BCUT2D eigenvalue weighted by atomic mass is 79.9. The summed E-state index contributed by atoms with van der Waals surface area (Å²) in [7, 11) is 1.73. The van der Waals surface area contributed by atoms with E-state index in [-0.39, 0.29) is 0 Å². The molecule has 0 amide bonds. The Kier molecular flexibility index (Phi) is 6.89. The van der Waals surface area contributed by atoms with E-state index in [2.05, 4.69) is 25.9 Å². The highest BCUT2D eigenvalue weighted by Gasteiger charge is 2.06. The number of halogens is 2. The molecule has 0 atom stereocenters. The van der Waals surface area contributed by atoms with Crippen molar-refractivity contribution < 1.29 is 0 Å². The average molecular weight is 354 g/mol. The molecular formula is C16H18BrClN2. The Hall–Kier alpha value is -1.19. The Labute approximate surface area is 134 Å². The summed E-state index contributed by atoms with van der Waals surface area (Å²) in [6.45, 7) is 6.00. The zero-order valence-corrected chi connectivity index (χ0v) is 14.5. The lowest BCUT2D eigenvalue weighted by atomic mass is 10.1. The summed E-state index contributed by atoms with van der Waals surface area (Å²) < 4.78 is 0.853. The predicted molar refractivity (Wildman–Crippen MR) is 93.5 cm³/mol. The van der Waals surface area contributed by atoms with Gasteiger partial charge in [0.05, 0.1) is 15.9 Å². The van der Waals surface area contributed by atoms with E-state index >= 15 is 0 Å². The maximum atomic E-state index is 6.26. The molecule has 0 N–H and O–H groups in total. The van der Waals surface area contributed by atoms with E-state index in [0.717, 1.165) is 27.0 Å². The van der Waals surface area contributed by atoms with E-state index in [0.29, 0.717) is 5.02 Å². The fourth-order valence-corrected chi connectivity index (χ4v) is 2.08. The van der Waals surface area contributed by atoms with Crippen LogP contribution in [0.3, 0.4) is 0 Å². The summed E-state index contributed by atoms with van der Waals surface area (Å²) in [5.41, 5.74) is 3.78. The Balaban J connectivity index is 3.39. The van der Waals surface area contributed by atoms with Crippen LogP contribution in [0.4, 0.5) is 0 Å². The van der Waals surface area contributed by atoms with Crippen LogP contribution in [0.15, 0.2) is 56.1 Å². The second kappa shape index (κ2) is 8.18. The molecule has 1 aromatic rings. The lowest BCUT2D eigenvalue weighted by Crippen LogP contribution is -2.00. The molecule has 0 aliphatic rings. The minimum Gasteiger partial charge on any atom is -0.295 e. The third-order valence-electron chi connectivity index (χ3n) is 2.45. The van der Waals surface area contributed by atoms with Gasteiger partial charge < -0.3 is 0 Å². The topological polar surface area (TPSA) is 24.7 Å². The number of hydrogen-bond donors (Lipinski definition) is 0. The summed E-state index contributed by atoms with van der Waals surface area (Å²) in [5, 5.41) is 0.692. The van der Waals surface area contributed by atoms with Crippen molar-refractivity contribution in [3.8, 4) is 0 Å². The number of aliphatic imine (C=N–C) groups is 2. The molecule has 0 aliphatic carbocycles. The standard InChI is InChI=1S/C16H18BrClN2/c1-11(2)9-16(13-7-5-6-8-15(13)18)20-12(3)14(17)10-19-4/h5-10H,1-4H3/b14-12-,19-10?,20-16?. The fourth-order valence-electron chi connectivity index (χ4n) is 1.55. The third kappa shape index (κ3) is 5.06. The van der Waals surface area contributed by atoms with Crippen LogP contribution in [0.2, 0.25) is 5.02 Å². The molecular weight excluding hydrogens is 336 g/mol. The normalized spacial score (nSPS) is 13.4. The summed E-state index contributed by atoms with van der Waals surface area (Å²) in [5.74, 6) is 0. The minimum atomic E-state index is 0.692. The fraction of sp³-hybridized carbons (Fsp3) is 0.250. The number of nitrogens with zero attached hydrogens (tertiary/aromatic N) is 2. The zero-order chi connectivity index (χ0) is 15.1. The van der Waals surface area contributed by atoms with Crippen LogP contribution < -0.4 is 0 Å². The van der Waals surface area contributed by atoms with E-state index in [4.69, 9.17) is 11.6 Å². The van der Waals surface area contributed by atoms with Gasteiger partial charge in [-0.25, -0.2) is 0 Å². The van der Waals surface area contributed by atoms with Crippen molar-refractivity contribution in [3.63, 3.8) is 0 Å². The number of hydrogen-bond acceptors (Lipinski definition) is 2. The summed E-state index contributed by atoms with van der Waals surface area (Å²) in [6, 6.07) is 7.70. The monoisotopic (exact) mass is 352 g/mol. The SMILES string of the molecule is CN=C/C(Br)=C(\C)N=C(C=C(C)C)c1ccccc1Cl. The Morgan fingerprint density at radius 3 is 2.40 bits per heavy atom. The van der Waals surface area contributed by atoms with E-state index in [9.17, 15) is 0 Å². The van der Waals surface area contributed by atoms with Crippen molar-refractivity contribution in [2.24, 2.45) is 9.98 Å². The predicted octanol–water partition coefficient (Wildman–Crippen LogP) is 5.42. The molecule has 0 radical (unpaired) electrons. The van der Waals surface area contributed by atoms with Crippen molar-refractivity contribution in [3.05, 3.63) is 56.7 Å². The molecule has 0 saturated heterocycles. The summed E-state index contributed by atoms with van der Waals surface area (Å²) >= 11 is 9.72. The van der Waals surface area contributed by atoms with Gasteiger partial charge in [-0.15, -0.1) is 0 Å².